The number of methoxy groups -OCH3 is 2. The number of nitrogens with one attached hydrogen (secondary N) is 1. The molecule has 1 unspecified atom stereocenters. The maximum absolute atomic E-state index is 12.9. The number of hydrogen-bond donors (Lipinski definition) is 1. The number of amides is 1. The van der Waals surface area contributed by atoms with Crippen molar-refractivity contribution in [2.24, 2.45) is 0 Å². The van der Waals surface area contributed by atoms with Gasteiger partial charge in [0.2, 0.25) is 5.91 Å². The smallest absolute Gasteiger partial charge is 0.241 e. The maximum Gasteiger partial charge on any atom is 0.241 e. The zero-order chi connectivity index (χ0) is 22.5. The SMILES string of the molecule is COc1ccc(NC(=O)C(C)N(C)Cc2c(C)nn(-c3ccccc3)c2C)c(OC)c1. The van der Waals surface area contributed by atoms with Crippen LogP contribution in [0, 0.1) is 13.8 Å². The zero-order valence-electron chi connectivity index (χ0n) is 19.0. The minimum Gasteiger partial charge on any atom is -0.497 e. The average Bonchev–Trinajstić information content (AvgIpc) is 3.07. The number of hydrogen-bond acceptors (Lipinski definition) is 5. The Morgan fingerprint density at radius 2 is 1.84 bits per heavy atom. The van der Waals surface area contributed by atoms with Gasteiger partial charge in [0.15, 0.2) is 0 Å². The molecule has 0 aliphatic heterocycles. The van der Waals surface area contributed by atoms with E-state index in [0.29, 0.717) is 23.7 Å². The maximum atomic E-state index is 12.9. The molecule has 3 rings (SSSR count). The fraction of sp³-hybridized carbons (Fsp3) is 0.333. The number of aryl methyl sites for hydroxylation is 1. The van der Waals surface area contributed by atoms with Crippen molar-refractivity contribution in [3.8, 4) is 17.2 Å². The lowest BCUT2D eigenvalue weighted by Gasteiger charge is -2.24. The van der Waals surface area contributed by atoms with Gasteiger partial charge in [-0.3, -0.25) is 9.69 Å². The first-order valence-electron chi connectivity index (χ1n) is 10.2. The molecule has 1 aromatic heterocycles. The molecule has 0 spiro atoms. The highest BCUT2D eigenvalue weighted by molar-refractivity contribution is 5.95. The van der Waals surface area contributed by atoms with Gasteiger partial charge < -0.3 is 14.8 Å². The van der Waals surface area contributed by atoms with Gasteiger partial charge in [-0.25, -0.2) is 4.68 Å². The van der Waals surface area contributed by atoms with E-state index in [1.54, 1.807) is 32.4 Å². The lowest BCUT2D eigenvalue weighted by Crippen LogP contribution is -2.39. The van der Waals surface area contributed by atoms with Crippen LogP contribution < -0.4 is 14.8 Å². The Morgan fingerprint density at radius 3 is 2.48 bits per heavy atom. The Balaban J connectivity index is 1.73. The topological polar surface area (TPSA) is 68.6 Å². The van der Waals surface area contributed by atoms with Gasteiger partial charge >= 0.3 is 0 Å². The van der Waals surface area contributed by atoms with Crippen LogP contribution in [0.15, 0.2) is 48.5 Å². The number of para-hydroxylation sites is 1. The van der Waals surface area contributed by atoms with E-state index in [4.69, 9.17) is 14.6 Å². The monoisotopic (exact) mass is 422 g/mol. The molecule has 31 heavy (non-hydrogen) atoms. The summed E-state index contributed by atoms with van der Waals surface area (Å²) in [5.74, 6) is 1.11. The molecule has 2 aromatic carbocycles. The average molecular weight is 423 g/mol. The highest BCUT2D eigenvalue weighted by Crippen LogP contribution is 2.29. The summed E-state index contributed by atoms with van der Waals surface area (Å²) >= 11 is 0. The van der Waals surface area contributed by atoms with Gasteiger partial charge in [-0.1, -0.05) is 18.2 Å². The standard InChI is InChI=1S/C24H30N4O3/c1-16-21(17(2)28(26-16)19-10-8-7-9-11-19)15-27(4)18(3)24(29)25-22-13-12-20(30-5)14-23(22)31-6/h7-14,18H,15H2,1-6H3,(H,25,29). The van der Waals surface area contributed by atoms with E-state index < -0.39 is 0 Å². The molecule has 0 radical (unpaired) electrons. The molecule has 7 nitrogen and oxygen atoms in total. The molecule has 0 saturated heterocycles. The number of aromatic nitrogens is 2. The molecule has 0 fully saturated rings. The van der Waals surface area contributed by atoms with Crippen molar-refractivity contribution in [3.63, 3.8) is 0 Å². The van der Waals surface area contributed by atoms with Crippen LogP contribution in [-0.2, 0) is 11.3 Å². The summed E-state index contributed by atoms with van der Waals surface area (Å²) in [6, 6.07) is 15.0. The van der Waals surface area contributed by atoms with Crippen molar-refractivity contribution in [3.05, 3.63) is 65.5 Å². The minimum atomic E-state index is -0.356. The second kappa shape index (κ2) is 9.66. The molecule has 0 aliphatic rings. The van der Waals surface area contributed by atoms with Crippen LogP contribution in [0.5, 0.6) is 11.5 Å². The molecule has 0 aliphatic carbocycles. The lowest BCUT2D eigenvalue weighted by atomic mass is 10.1. The molecule has 0 bridgehead atoms. The van der Waals surface area contributed by atoms with E-state index in [1.165, 1.54) is 0 Å². The fourth-order valence-corrected chi connectivity index (χ4v) is 3.45. The van der Waals surface area contributed by atoms with Gasteiger partial charge in [0, 0.05) is 23.9 Å². The van der Waals surface area contributed by atoms with E-state index in [9.17, 15) is 4.79 Å². The van der Waals surface area contributed by atoms with Crippen molar-refractivity contribution in [2.45, 2.75) is 33.4 Å². The van der Waals surface area contributed by atoms with Gasteiger partial charge in [-0.05, 0) is 52.1 Å². The van der Waals surface area contributed by atoms with Gasteiger partial charge in [0.05, 0.1) is 37.3 Å². The third-order valence-electron chi connectivity index (χ3n) is 5.56. The first-order valence-corrected chi connectivity index (χ1v) is 10.2. The minimum absolute atomic E-state index is 0.114. The van der Waals surface area contributed by atoms with Crippen molar-refractivity contribution in [1.29, 1.82) is 0 Å². The van der Waals surface area contributed by atoms with Crippen molar-refractivity contribution >= 4 is 11.6 Å². The molecule has 1 amide bonds. The Hall–Kier alpha value is -3.32. The van der Waals surface area contributed by atoms with Gasteiger partial charge in [-0.15, -0.1) is 0 Å². The zero-order valence-corrected chi connectivity index (χ0v) is 19.0. The second-order valence-corrected chi connectivity index (χ2v) is 7.54. The number of anilines is 1. The van der Waals surface area contributed by atoms with Crippen LogP contribution in [0.25, 0.3) is 5.69 Å². The van der Waals surface area contributed by atoms with Crippen molar-refractivity contribution in [2.75, 3.05) is 26.6 Å². The Kier molecular flexibility index (Phi) is 6.97. The van der Waals surface area contributed by atoms with Crippen molar-refractivity contribution < 1.29 is 14.3 Å². The first-order chi connectivity index (χ1) is 14.8. The Labute approximate surface area is 183 Å². The number of likely N-dealkylation sites (N-methyl/N-ethyl adjacent to an activating group) is 1. The highest BCUT2D eigenvalue weighted by Gasteiger charge is 2.22. The van der Waals surface area contributed by atoms with Crippen LogP contribution in [0.2, 0.25) is 0 Å². The summed E-state index contributed by atoms with van der Waals surface area (Å²) in [5, 5.41) is 7.66. The van der Waals surface area contributed by atoms with Crippen LogP contribution >= 0.6 is 0 Å². The van der Waals surface area contributed by atoms with E-state index >= 15 is 0 Å². The van der Waals surface area contributed by atoms with E-state index in [-0.39, 0.29) is 11.9 Å². The van der Waals surface area contributed by atoms with Crippen LogP contribution in [0.4, 0.5) is 5.69 Å². The van der Waals surface area contributed by atoms with E-state index in [2.05, 4.69) is 12.2 Å². The van der Waals surface area contributed by atoms with Gasteiger partial charge in [0.25, 0.3) is 0 Å². The summed E-state index contributed by atoms with van der Waals surface area (Å²) < 4.78 is 12.5. The fourth-order valence-electron chi connectivity index (χ4n) is 3.45. The number of carbonyl (C=O) groups excluding carboxylic acids is 1. The van der Waals surface area contributed by atoms with Crippen molar-refractivity contribution in [1.82, 2.24) is 14.7 Å². The largest absolute Gasteiger partial charge is 0.497 e. The third-order valence-corrected chi connectivity index (χ3v) is 5.56. The lowest BCUT2D eigenvalue weighted by molar-refractivity contribution is -0.120. The predicted octanol–water partition coefficient (Wildman–Crippen LogP) is 3.97. The van der Waals surface area contributed by atoms with Crippen LogP contribution in [-0.4, -0.2) is 47.9 Å². The molecule has 164 valence electrons. The molecular weight excluding hydrogens is 392 g/mol. The number of nitrogens with zero attached hydrogens (tertiary/aromatic N) is 3. The first kappa shape index (κ1) is 22.4. The summed E-state index contributed by atoms with van der Waals surface area (Å²) in [5.41, 5.74) is 4.78. The van der Waals surface area contributed by atoms with E-state index in [1.807, 2.05) is 60.8 Å². The molecule has 7 heteroatoms. The highest BCUT2D eigenvalue weighted by atomic mass is 16.5. The second-order valence-electron chi connectivity index (χ2n) is 7.54. The number of carbonyl (C=O) groups is 1. The summed E-state index contributed by atoms with van der Waals surface area (Å²) in [4.78, 5) is 14.9. The molecule has 1 atom stereocenters. The van der Waals surface area contributed by atoms with Crippen LogP contribution in [0.3, 0.4) is 0 Å². The Morgan fingerprint density at radius 1 is 1.13 bits per heavy atom. The molecular formula is C24H30N4O3. The molecule has 3 aromatic rings. The molecule has 1 heterocycles. The summed E-state index contributed by atoms with van der Waals surface area (Å²) in [6.45, 7) is 6.56. The number of benzene rings is 2. The number of rotatable bonds is 8. The van der Waals surface area contributed by atoms with E-state index in [0.717, 1.165) is 22.6 Å². The van der Waals surface area contributed by atoms with Crippen LogP contribution in [0.1, 0.15) is 23.9 Å². The molecule has 1 N–H and O–H groups in total. The summed E-state index contributed by atoms with van der Waals surface area (Å²) in [7, 11) is 5.10. The van der Waals surface area contributed by atoms with Gasteiger partial charge in [-0.2, -0.15) is 5.10 Å². The normalized spacial score (nSPS) is 12.0. The Bertz CT molecular complexity index is 1050. The molecule has 0 saturated carbocycles. The third kappa shape index (κ3) is 4.88. The number of ether oxygens (including phenoxy) is 2. The van der Waals surface area contributed by atoms with Gasteiger partial charge in [0.1, 0.15) is 11.5 Å². The summed E-state index contributed by atoms with van der Waals surface area (Å²) in [6.07, 6.45) is 0. The predicted molar refractivity (Wildman–Crippen MR) is 122 cm³/mol. The quantitative estimate of drug-likeness (QED) is 0.595.